The van der Waals surface area contributed by atoms with E-state index in [0.717, 1.165) is 5.56 Å². The average molecular weight is 249 g/mol. The molecule has 0 bridgehead atoms. The Balaban J connectivity index is 2.25. The molecule has 0 aliphatic rings. The first-order chi connectivity index (χ1) is 8.19. The fraction of sp³-hybridized carbons (Fsp3) is 0.154. The lowest BCUT2D eigenvalue weighted by atomic mass is 10.2. The molecule has 0 spiro atoms. The van der Waals surface area contributed by atoms with Gasteiger partial charge in [-0.05, 0) is 30.0 Å². The van der Waals surface area contributed by atoms with Crippen molar-refractivity contribution in [2.75, 3.05) is 6.26 Å². The monoisotopic (exact) mass is 249 g/mol. The maximum atomic E-state index is 13.0. The lowest BCUT2D eigenvalue weighted by Gasteiger charge is -2.06. The predicted molar refractivity (Wildman–Crippen MR) is 68.0 cm³/mol. The number of hydrogen-bond acceptors (Lipinski definition) is 2. The molecule has 1 aromatic carbocycles. The van der Waals surface area contributed by atoms with E-state index in [1.807, 2.05) is 30.5 Å². The summed E-state index contributed by atoms with van der Waals surface area (Å²) in [5.74, 6) is -0.398. The molecule has 0 amide bonds. The number of nitrogens with zero attached hydrogens (tertiary/aromatic N) is 1. The number of aromatic nitrogens is 1. The quantitative estimate of drug-likeness (QED) is 0.780. The highest BCUT2D eigenvalue weighted by atomic mass is 32.2. The summed E-state index contributed by atoms with van der Waals surface area (Å²) in [4.78, 5) is 12.7. The zero-order chi connectivity index (χ0) is 12.3. The minimum atomic E-state index is -0.398. The van der Waals surface area contributed by atoms with Crippen LogP contribution in [-0.2, 0) is 6.54 Å². The molecule has 0 aliphatic carbocycles. The smallest absolute Gasteiger partial charge is 0.251 e. The van der Waals surface area contributed by atoms with E-state index in [9.17, 15) is 9.18 Å². The Morgan fingerprint density at radius 1 is 1.18 bits per heavy atom. The second-order valence-corrected chi connectivity index (χ2v) is 4.54. The molecular formula is C13H12FNOS. The van der Waals surface area contributed by atoms with Crippen LogP contribution in [0.2, 0.25) is 0 Å². The summed E-state index contributed by atoms with van der Waals surface area (Å²) in [5, 5.41) is 0. The molecule has 0 aliphatic heterocycles. The number of pyridine rings is 1. The van der Waals surface area contributed by atoms with Crippen LogP contribution in [0.4, 0.5) is 4.39 Å². The minimum absolute atomic E-state index is 0.194. The maximum Gasteiger partial charge on any atom is 0.251 e. The lowest BCUT2D eigenvalue weighted by molar-refractivity contribution is 0.595. The van der Waals surface area contributed by atoms with Crippen LogP contribution in [0, 0.1) is 5.82 Å². The lowest BCUT2D eigenvalue weighted by Crippen LogP contribution is -2.19. The van der Waals surface area contributed by atoms with Gasteiger partial charge in [0.1, 0.15) is 5.82 Å². The van der Waals surface area contributed by atoms with Crippen LogP contribution in [0.1, 0.15) is 5.56 Å². The van der Waals surface area contributed by atoms with Crippen molar-refractivity contribution in [1.29, 1.82) is 0 Å². The van der Waals surface area contributed by atoms with Gasteiger partial charge in [-0.2, -0.15) is 0 Å². The molecule has 4 heteroatoms. The standard InChI is InChI=1S/C13H12FNOS/c1-17-12-5-2-10(3-6-12)8-15-9-11(14)4-7-13(15)16/h2-7,9H,8H2,1H3. The number of benzene rings is 1. The molecular weight excluding hydrogens is 237 g/mol. The predicted octanol–water partition coefficient (Wildman–Crippen LogP) is 2.76. The highest BCUT2D eigenvalue weighted by molar-refractivity contribution is 7.98. The van der Waals surface area contributed by atoms with E-state index in [4.69, 9.17) is 0 Å². The largest absolute Gasteiger partial charge is 0.308 e. The molecule has 0 N–H and O–H groups in total. The molecule has 0 saturated heterocycles. The Bertz CT molecular complexity index is 562. The number of rotatable bonds is 3. The SMILES string of the molecule is CSc1ccc(Cn2cc(F)ccc2=O)cc1. The van der Waals surface area contributed by atoms with Crippen LogP contribution in [0.15, 0.2) is 52.3 Å². The van der Waals surface area contributed by atoms with Crippen molar-refractivity contribution < 1.29 is 4.39 Å². The third-order valence-corrected chi connectivity index (χ3v) is 3.20. The fourth-order valence-corrected chi connectivity index (χ4v) is 1.96. The number of hydrogen-bond donors (Lipinski definition) is 0. The van der Waals surface area contributed by atoms with E-state index >= 15 is 0 Å². The summed E-state index contributed by atoms with van der Waals surface area (Å²) in [6.07, 6.45) is 3.23. The zero-order valence-electron chi connectivity index (χ0n) is 9.39. The van der Waals surface area contributed by atoms with Crippen molar-refractivity contribution in [3.05, 3.63) is 64.3 Å². The Morgan fingerprint density at radius 2 is 1.88 bits per heavy atom. The Morgan fingerprint density at radius 3 is 2.53 bits per heavy atom. The Hall–Kier alpha value is -1.55. The maximum absolute atomic E-state index is 13.0. The zero-order valence-corrected chi connectivity index (χ0v) is 10.2. The molecule has 2 nitrogen and oxygen atoms in total. The van der Waals surface area contributed by atoms with E-state index in [2.05, 4.69) is 0 Å². The second-order valence-electron chi connectivity index (χ2n) is 3.66. The summed E-state index contributed by atoms with van der Waals surface area (Å²) < 4.78 is 14.4. The van der Waals surface area contributed by atoms with Gasteiger partial charge in [-0.25, -0.2) is 4.39 Å². The molecule has 1 heterocycles. The third-order valence-electron chi connectivity index (χ3n) is 2.46. The van der Waals surface area contributed by atoms with Gasteiger partial charge in [0.2, 0.25) is 0 Å². The summed E-state index contributed by atoms with van der Waals surface area (Å²) in [6.45, 7) is 0.394. The summed E-state index contributed by atoms with van der Waals surface area (Å²) in [7, 11) is 0. The van der Waals surface area contributed by atoms with Crippen LogP contribution >= 0.6 is 11.8 Å². The van der Waals surface area contributed by atoms with Crippen molar-refractivity contribution in [3.8, 4) is 0 Å². The van der Waals surface area contributed by atoms with Crippen LogP contribution in [0.5, 0.6) is 0 Å². The van der Waals surface area contributed by atoms with Crippen molar-refractivity contribution in [2.45, 2.75) is 11.4 Å². The van der Waals surface area contributed by atoms with E-state index in [1.54, 1.807) is 11.8 Å². The first kappa shape index (κ1) is 11.9. The minimum Gasteiger partial charge on any atom is -0.308 e. The average Bonchev–Trinajstić information content (AvgIpc) is 2.35. The molecule has 0 unspecified atom stereocenters. The van der Waals surface area contributed by atoms with Crippen LogP contribution in [-0.4, -0.2) is 10.8 Å². The second kappa shape index (κ2) is 5.19. The molecule has 0 fully saturated rings. The van der Waals surface area contributed by atoms with Gasteiger partial charge in [0.25, 0.3) is 5.56 Å². The number of thioether (sulfide) groups is 1. The van der Waals surface area contributed by atoms with Crippen LogP contribution in [0.25, 0.3) is 0 Å². The van der Waals surface area contributed by atoms with E-state index in [-0.39, 0.29) is 5.56 Å². The Labute approximate surface area is 103 Å². The summed E-state index contributed by atoms with van der Waals surface area (Å²) in [5.41, 5.74) is 0.788. The molecule has 2 aromatic rings. The van der Waals surface area contributed by atoms with Gasteiger partial charge in [0, 0.05) is 17.2 Å². The van der Waals surface area contributed by atoms with Crippen molar-refractivity contribution in [1.82, 2.24) is 4.57 Å². The highest BCUT2D eigenvalue weighted by Gasteiger charge is 2.00. The van der Waals surface area contributed by atoms with E-state index in [0.29, 0.717) is 6.54 Å². The van der Waals surface area contributed by atoms with Gasteiger partial charge >= 0.3 is 0 Å². The molecule has 0 atom stereocenters. The first-order valence-electron chi connectivity index (χ1n) is 5.18. The number of halogens is 1. The third kappa shape index (κ3) is 2.97. The molecule has 17 heavy (non-hydrogen) atoms. The highest BCUT2D eigenvalue weighted by Crippen LogP contribution is 2.15. The van der Waals surface area contributed by atoms with E-state index < -0.39 is 5.82 Å². The molecule has 2 rings (SSSR count). The van der Waals surface area contributed by atoms with Gasteiger partial charge < -0.3 is 4.57 Å². The van der Waals surface area contributed by atoms with Gasteiger partial charge in [-0.15, -0.1) is 11.8 Å². The van der Waals surface area contributed by atoms with Crippen molar-refractivity contribution in [2.24, 2.45) is 0 Å². The molecule has 0 saturated carbocycles. The Kier molecular flexibility index (Phi) is 3.64. The summed E-state index contributed by atoms with van der Waals surface area (Å²) >= 11 is 1.66. The molecule has 1 aromatic heterocycles. The molecule has 0 radical (unpaired) electrons. The summed E-state index contributed by atoms with van der Waals surface area (Å²) in [6, 6.07) is 10.3. The van der Waals surface area contributed by atoms with Gasteiger partial charge in [-0.3, -0.25) is 4.79 Å². The van der Waals surface area contributed by atoms with E-state index in [1.165, 1.54) is 27.8 Å². The van der Waals surface area contributed by atoms with Crippen LogP contribution in [0.3, 0.4) is 0 Å². The van der Waals surface area contributed by atoms with Gasteiger partial charge in [-0.1, -0.05) is 12.1 Å². The normalized spacial score (nSPS) is 10.5. The molecule has 88 valence electrons. The van der Waals surface area contributed by atoms with Crippen molar-refractivity contribution in [3.63, 3.8) is 0 Å². The topological polar surface area (TPSA) is 22.0 Å². The van der Waals surface area contributed by atoms with Gasteiger partial charge in [0.05, 0.1) is 6.54 Å². The first-order valence-corrected chi connectivity index (χ1v) is 6.40. The van der Waals surface area contributed by atoms with Gasteiger partial charge in [0.15, 0.2) is 0 Å². The van der Waals surface area contributed by atoms with Crippen LogP contribution < -0.4 is 5.56 Å². The fourth-order valence-electron chi connectivity index (χ4n) is 1.55. The van der Waals surface area contributed by atoms with Crippen molar-refractivity contribution >= 4 is 11.8 Å².